The van der Waals surface area contributed by atoms with Crippen LogP contribution in [0.3, 0.4) is 0 Å². The van der Waals surface area contributed by atoms with E-state index in [0.717, 1.165) is 11.1 Å². The number of amides is 2. The lowest BCUT2D eigenvalue weighted by Gasteiger charge is -2.32. The lowest BCUT2D eigenvalue weighted by molar-refractivity contribution is 0.0713. The second kappa shape index (κ2) is 10.8. The Morgan fingerprint density at radius 3 is 2.36 bits per heavy atom. The van der Waals surface area contributed by atoms with Crippen molar-refractivity contribution in [2.45, 2.75) is 43.8 Å². The predicted molar refractivity (Wildman–Crippen MR) is 151 cm³/mol. The molecule has 3 heterocycles. The molecule has 10 nitrogen and oxygen atoms in total. The second-order valence-electron chi connectivity index (χ2n) is 10.7. The zero-order valence-corrected chi connectivity index (χ0v) is 23.5. The van der Waals surface area contributed by atoms with E-state index >= 15 is 0 Å². The summed E-state index contributed by atoms with van der Waals surface area (Å²) in [6.45, 7) is 2.66. The van der Waals surface area contributed by atoms with Crippen LogP contribution in [0, 0.1) is 18.6 Å². The number of fused-ring (bicyclic) bond motifs is 1. The molecule has 0 radical (unpaired) electrons. The SMILES string of the molecule is Cc1ccc(F)c(Nc2c(C(=O)N3CCC(c4ccc(F)cc4)CC3)cnc3c(C(=O)NS(=O)(=O)C4CC4)cnn23)c1. The molecular weight excluding hydrogens is 566 g/mol. The number of carbonyl (C=O) groups excluding carboxylic acids is 2. The number of hydrogen-bond acceptors (Lipinski definition) is 7. The van der Waals surface area contributed by atoms with Crippen LogP contribution in [0.1, 0.15) is 63.4 Å². The van der Waals surface area contributed by atoms with Gasteiger partial charge in [0.05, 0.1) is 17.1 Å². The highest BCUT2D eigenvalue weighted by Gasteiger charge is 2.37. The standard InChI is InChI=1S/C29H28F2N6O4S/c1-17-2-9-24(31)25(14-17)34-27-23(29(39)36-12-10-19(11-13-36)18-3-5-20(30)6-4-18)15-32-26-22(16-33-37(26)27)28(38)35-42(40,41)21-7-8-21/h2-6,9,14-16,19,21,34H,7-8,10-13H2,1H3,(H,35,38). The average Bonchev–Trinajstić information content (AvgIpc) is 3.75. The van der Waals surface area contributed by atoms with Crippen LogP contribution in [-0.4, -0.2) is 58.1 Å². The predicted octanol–water partition coefficient (Wildman–Crippen LogP) is 4.30. The Morgan fingerprint density at radius 2 is 1.67 bits per heavy atom. The summed E-state index contributed by atoms with van der Waals surface area (Å²) >= 11 is 0. The van der Waals surface area contributed by atoms with Gasteiger partial charge in [-0.25, -0.2) is 26.9 Å². The van der Waals surface area contributed by atoms with Gasteiger partial charge in [0.15, 0.2) is 5.65 Å². The van der Waals surface area contributed by atoms with Crippen molar-refractivity contribution in [1.29, 1.82) is 0 Å². The van der Waals surface area contributed by atoms with Gasteiger partial charge < -0.3 is 10.2 Å². The largest absolute Gasteiger partial charge is 0.338 e. The summed E-state index contributed by atoms with van der Waals surface area (Å²) < 4.78 is 56.2. The Hall–Kier alpha value is -4.39. The van der Waals surface area contributed by atoms with Gasteiger partial charge in [-0.2, -0.15) is 9.61 Å². The van der Waals surface area contributed by atoms with Crippen LogP contribution in [0.25, 0.3) is 5.65 Å². The molecule has 13 heteroatoms. The first-order valence-electron chi connectivity index (χ1n) is 13.6. The monoisotopic (exact) mass is 594 g/mol. The number of piperidine rings is 1. The fourth-order valence-electron chi connectivity index (χ4n) is 5.20. The van der Waals surface area contributed by atoms with Crippen LogP contribution in [0.2, 0.25) is 0 Å². The van der Waals surface area contributed by atoms with E-state index in [1.165, 1.54) is 35.1 Å². The summed E-state index contributed by atoms with van der Waals surface area (Å²) in [6.07, 6.45) is 4.76. The zero-order valence-electron chi connectivity index (χ0n) is 22.7. The van der Waals surface area contributed by atoms with Crippen molar-refractivity contribution in [3.8, 4) is 0 Å². The lowest BCUT2D eigenvalue weighted by atomic mass is 9.89. The Morgan fingerprint density at radius 1 is 0.952 bits per heavy atom. The summed E-state index contributed by atoms with van der Waals surface area (Å²) in [5.41, 5.74) is 1.86. The highest BCUT2D eigenvalue weighted by atomic mass is 32.2. The van der Waals surface area contributed by atoms with Gasteiger partial charge in [-0.3, -0.25) is 9.59 Å². The molecule has 2 aromatic heterocycles. The minimum Gasteiger partial charge on any atom is -0.338 e. The smallest absolute Gasteiger partial charge is 0.270 e. The van der Waals surface area contributed by atoms with E-state index in [1.54, 1.807) is 36.1 Å². The Balaban J connectivity index is 1.32. The van der Waals surface area contributed by atoms with Crippen molar-refractivity contribution >= 4 is 39.0 Å². The van der Waals surface area contributed by atoms with Crippen molar-refractivity contribution in [3.63, 3.8) is 0 Å². The van der Waals surface area contributed by atoms with Gasteiger partial charge in [0.25, 0.3) is 11.8 Å². The third-order valence-corrected chi connectivity index (χ3v) is 9.52. The normalized spacial score (nSPS) is 16.0. The highest BCUT2D eigenvalue weighted by molar-refractivity contribution is 7.91. The molecule has 0 unspecified atom stereocenters. The number of sulfonamides is 1. The molecule has 1 aliphatic heterocycles. The molecule has 1 aliphatic carbocycles. The molecule has 2 aliphatic rings. The molecule has 2 N–H and O–H groups in total. The van der Waals surface area contributed by atoms with Gasteiger partial charge in [0, 0.05) is 19.3 Å². The van der Waals surface area contributed by atoms with Crippen LogP contribution < -0.4 is 10.0 Å². The average molecular weight is 595 g/mol. The summed E-state index contributed by atoms with van der Waals surface area (Å²) in [5, 5.41) is 6.60. The van der Waals surface area contributed by atoms with Crippen LogP contribution in [0.5, 0.6) is 0 Å². The van der Waals surface area contributed by atoms with Crippen molar-refractivity contribution < 1.29 is 26.8 Å². The first-order valence-corrected chi connectivity index (χ1v) is 15.2. The third kappa shape index (κ3) is 5.43. The number of aryl methyl sites for hydroxylation is 1. The van der Waals surface area contributed by atoms with E-state index < -0.39 is 27.0 Å². The van der Waals surface area contributed by atoms with Crippen molar-refractivity contribution in [2.75, 3.05) is 18.4 Å². The van der Waals surface area contributed by atoms with Gasteiger partial charge >= 0.3 is 0 Å². The minimum atomic E-state index is -3.82. The van der Waals surface area contributed by atoms with E-state index in [9.17, 15) is 26.8 Å². The molecule has 2 fully saturated rings. The number of anilines is 2. The van der Waals surface area contributed by atoms with E-state index in [0.29, 0.717) is 38.8 Å². The van der Waals surface area contributed by atoms with Gasteiger partial charge in [-0.15, -0.1) is 0 Å². The molecule has 2 amide bonds. The first kappa shape index (κ1) is 27.8. The number of halogens is 2. The van der Waals surface area contributed by atoms with Crippen molar-refractivity contribution in [3.05, 3.63) is 88.7 Å². The molecular formula is C29H28F2N6O4S. The number of nitrogens with one attached hydrogen (secondary N) is 2. The number of aromatic nitrogens is 3. The molecule has 42 heavy (non-hydrogen) atoms. The van der Waals surface area contributed by atoms with Crippen molar-refractivity contribution in [2.24, 2.45) is 0 Å². The van der Waals surface area contributed by atoms with Crippen molar-refractivity contribution in [1.82, 2.24) is 24.2 Å². The topological polar surface area (TPSA) is 126 Å². The molecule has 218 valence electrons. The molecule has 6 rings (SSSR count). The molecule has 0 spiro atoms. The van der Waals surface area contributed by atoms with E-state index in [-0.39, 0.29) is 45.9 Å². The molecule has 2 aromatic carbocycles. The van der Waals surface area contributed by atoms with E-state index in [4.69, 9.17) is 0 Å². The fourth-order valence-corrected chi connectivity index (χ4v) is 6.49. The van der Waals surface area contributed by atoms with Gasteiger partial charge in [-0.1, -0.05) is 18.2 Å². The summed E-state index contributed by atoms with van der Waals surface area (Å²) in [7, 11) is -3.82. The van der Waals surface area contributed by atoms with Gasteiger partial charge in [0.2, 0.25) is 10.0 Å². The number of carbonyl (C=O) groups is 2. The molecule has 0 bridgehead atoms. The van der Waals surface area contributed by atoms with E-state index in [2.05, 4.69) is 20.1 Å². The molecule has 1 saturated heterocycles. The van der Waals surface area contributed by atoms with Crippen LogP contribution in [0.15, 0.2) is 54.9 Å². The third-order valence-electron chi connectivity index (χ3n) is 7.70. The van der Waals surface area contributed by atoms with Gasteiger partial charge in [-0.05, 0) is 73.9 Å². The lowest BCUT2D eigenvalue weighted by Crippen LogP contribution is -2.38. The van der Waals surface area contributed by atoms with E-state index in [1.807, 2.05) is 0 Å². The second-order valence-corrected chi connectivity index (χ2v) is 12.7. The van der Waals surface area contributed by atoms with Crippen LogP contribution in [-0.2, 0) is 10.0 Å². The Kier molecular flexibility index (Phi) is 7.13. The maximum absolute atomic E-state index is 14.8. The van der Waals surface area contributed by atoms with Crippen LogP contribution in [0.4, 0.5) is 20.3 Å². The number of benzene rings is 2. The Labute approximate surface area is 240 Å². The summed E-state index contributed by atoms with van der Waals surface area (Å²) in [4.78, 5) is 32.7. The quantitative estimate of drug-likeness (QED) is 0.327. The summed E-state index contributed by atoms with van der Waals surface area (Å²) in [5.74, 6) is -1.87. The van der Waals surface area contributed by atoms with Gasteiger partial charge in [0.1, 0.15) is 28.6 Å². The van der Waals surface area contributed by atoms with Crippen LogP contribution >= 0.6 is 0 Å². The molecule has 4 aromatic rings. The number of rotatable bonds is 7. The number of nitrogens with zero attached hydrogens (tertiary/aromatic N) is 4. The fraction of sp³-hybridized carbons (Fsp3) is 0.310. The first-order chi connectivity index (χ1) is 20.1. The number of hydrogen-bond donors (Lipinski definition) is 2. The zero-order chi connectivity index (χ0) is 29.6. The molecule has 0 atom stereocenters. The maximum atomic E-state index is 14.8. The summed E-state index contributed by atoms with van der Waals surface area (Å²) in [6, 6.07) is 10.8. The molecule has 1 saturated carbocycles. The number of likely N-dealkylation sites (tertiary alicyclic amines) is 1. The minimum absolute atomic E-state index is 0.000580. The highest BCUT2D eigenvalue weighted by Crippen LogP contribution is 2.32. The maximum Gasteiger partial charge on any atom is 0.270 e. The Bertz CT molecular complexity index is 1800.